The van der Waals surface area contributed by atoms with Crippen molar-refractivity contribution in [2.45, 2.75) is 11.6 Å². The van der Waals surface area contributed by atoms with Crippen LogP contribution in [0, 0.1) is 5.82 Å². The van der Waals surface area contributed by atoms with Gasteiger partial charge in [0.2, 0.25) is 0 Å². The van der Waals surface area contributed by atoms with Gasteiger partial charge in [0.1, 0.15) is 5.82 Å². The molecule has 112 valence electrons. The van der Waals surface area contributed by atoms with E-state index in [4.69, 9.17) is 11.6 Å². The summed E-state index contributed by atoms with van der Waals surface area (Å²) in [6, 6.07) is 7.65. The Kier molecular flexibility index (Phi) is 5.00. The first kappa shape index (κ1) is 16.8. The standard InChI is InChI=1S/C14H7Br2ClF4/c15-8-2-3-9(10(6-8)14(19,20)21)13(17)7-1-4-12(18)11(16)5-7/h1-6,13H. The summed E-state index contributed by atoms with van der Waals surface area (Å²) in [5, 5.41) is -1.04. The van der Waals surface area contributed by atoms with Crippen molar-refractivity contribution in [1.82, 2.24) is 0 Å². The van der Waals surface area contributed by atoms with E-state index in [1.165, 1.54) is 24.3 Å². The Morgan fingerprint density at radius 3 is 2.24 bits per heavy atom. The summed E-state index contributed by atoms with van der Waals surface area (Å²) in [7, 11) is 0. The third-order valence-corrected chi connectivity index (χ3v) is 4.42. The van der Waals surface area contributed by atoms with E-state index in [1.54, 1.807) is 0 Å². The normalized spacial score (nSPS) is 13.3. The SMILES string of the molecule is Fc1ccc(C(Cl)c2ccc(Br)cc2C(F)(F)F)cc1Br. The molecule has 2 rings (SSSR count). The van der Waals surface area contributed by atoms with Gasteiger partial charge >= 0.3 is 6.18 Å². The minimum Gasteiger partial charge on any atom is -0.206 e. The van der Waals surface area contributed by atoms with Crippen LogP contribution in [-0.4, -0.2) is 0 Å². The first-order chi connectivity index (χ1) is 9.70. The van der Waals surface area contributed by atoms with E-state index in [9.17, 15) is 17.6 Å². The molecule has 1 unspecified atom stereocenters. The van der Waals surface area contributed by atoms with Gasteiger partial charge in [-0.25, -0.2) is 4.39 Å². The first-order valence-corrected chi connectivity index (χ1v) is 7.68. The van der Waals surface area contributed by atoms with E-state index in [-0.39, 0.29) is 10.0 Å². The van der Waals surface area contributed by atoms with Crippen molar-refractivity contribution in [2.24, 2.45) is 0 Å². The highest BCUT2D eigenvalue weighted by Crippen LogP contribution is 2.41. The predicted molar refractivity (Wildman–Crippen MR) is 80.9 cm³/mol. The van der Waals surface area contributed by atoms with Crippen LogP contribution in [0.2, 0.25) is 0 Å². The second-order valence-corrected chi connectivity index (χ2v) is 6.47. The molecule has 0 N–H and O–H groups in total. The Hall–Kier alpha value is -0.590. The quantitative estimate of drug-likeness (QED) is 0.356. The molecule has 0 spiro atoms. The highest BCUT2D eigenvalue weighted by Gasteiger charge is 2.35. The lowest BCUT2D eigenvalue weighted by Gasteiger charge is -2.18. The van der Waals surface area contributed by atoms with Crippen LogP contribution in [0.5, 0.6) is 0 Å². The number of alkyl halides is 4. The van der Waals surface area contributed by atoms with Crippen LogP contribution in [-0.2, 0) is 6.18 Å². The third-order valence-electron chi connectivity index (χ3n) is 2.83. The second kappa shape index (κ2) is 6.26. The molecule has 0 aliphatic heterocycles. The maximum absolute atomic E-state index is 13.2. The van der Waals surface area contributed by atoms with Gasteiger partial charge in [0.15, 0.2) is 0 Å². The molecule has 1 atom stereocenters. The van der Waals surface area contributed by atoms with Gasteiger partial charge in [-0.15, -0.1) is 11.6 Å². The van der Waals surface area contributed by atoms with E-state index in [2.05, 4.69) is 31.9 Å². The van der Waals surface area contributed by atoms with Crippen molar-refractivity contribution in [3.05, 3.63) is 67.9 Å². The highest BCUT2D eigenvalue weighted by atomic mass is 79.9. The Balaban J connectivity index is 2.52. The molecule has 2 aromatic rings. The first-order valence-electron chi connectivity index (χ1n) is 5.66. The Morgan fingerprint density at radius 2 is 1.67 bits per heavy atom. The van der Waals surface area contributed by atoms with E-state index < -0.39 is 22.9 Å². The largest absolute Gasteiger partial charge is 0.416 e. The fourth-order valence-corrected chi connectivity index (χ4v) is 2.93. The van der Waals surface area contributed by atoms with Gasteiger partial charge < -0.3 is 0 Å². The summed E-state index contributed by atoms with van der Waals surface area (Å²) < 4.78 is 53.0. The fourth-order valence-electron chi connectivity index (χ4n) is 1.84. The van der Waals surface area contributed by atoms with Crippen molar-refractivity contribution in [3.63, 3.8) is 0 Å². The van der Waals surface area contributed by atoms with Crippen LogP contribution in [0.25, 0.3) is 0 Å². The monoisotopic (exact) mass is 444 g/mol. The zero-order chi connectivity index (χ0) is 15.8. The average molecular weight is 446 g/mol. The highest BCUT2D eigenvalue weighted by molar-refractivity contribution is 9.10. The van der Waals surface area contributed by atoms with Crippen molar-refractivity contribution < 1.29 is 17.6 Å². The number of rotatable bonds is 2. The van der Waals surface area contributed by atoms with Gasteiger partial charge in [0.05, 0.1) is 15.4 Å². The Labute approximate surface area is 140 Å². The number of hydrogen-bond acceptors (Lipinski definition) is 0. The van der Waals surface area contributed by atoms with Crippen molar-refractivity contribution in [2.75, 3.05) is 0 Å². The molecule has 0 amide bonds. The maximum Gasteiger partial charge on any atom is 0.416 e. The van der Waals surface area contributed by atoms with Crippen LogP contribution in [0.3, 0.4) is 0 Å². The second-order valence-electron chi connectivity index (χ2n) is 4.27. The molecular formula is C14H7Br2ClF4. The summed E-state index contributed by atoms with van der Waals surface area (Å²) in [6.45, 7) is 0. The summed E-state index contributed by atoms with van der Waals surface area (Å²) in [5.41, 5.74) is -0.527. The van der Waals surface area contributed by atoms with Crippen molar-refractivity contribution in [1.29, 1.82) is 0 Å². The molecule has 0 aliphatic carbocycles. The van der Waals surface area contributed by atoms with Crippen molar-refractivity contribution >= 4 is 43.5 Å². The smallest absolute Gasteiger partial charge is 0.206 e. The van der Waals surface area contributed by atoms with Crippen LogP contribution in [0.4, 0.5) is 17.6 Å². The van der Waals surface area contributed by atoms with E-state index in [0.29, 0.717) is 10.0 Å². The number of hydrogen-bond donors (Lipinski definition) is 0. The average Bonchev–Trinajstić information content (AvgIpc) is 2.40. The third kappa shape index (κ3) is 3.79. The van der Waals surface area contributed by atoms with Crippen LogP contribution < -0.4 is 0 Å². The predicted octanol–water partition coefficient (Wildman–Crippen LogP) is 6.70. The molecule has 21 heavy (non-hydrogen) atoms. The molecule has 0 heterocycles. The summed E-state index contributed by atoms with van der Waals surface area (Å²) >= 11 is 12.2. The molecule has 2 aromatic carbocycles. The molecule has 0 radical (unpaired) electrons. The van der Waals surface area contributed by atoms with Crippen LogP contribution in [0.15, 0.2) is 45.3 Å². The molecular weight excluding hydrogens is 439 g/mol. The Morgan fingerprint density at radius 1 is 1.00 bits per heavy atom. The topological polar surface area (TPSA) is 0 Å². The summed E-state index contributed by atoms with van der Waals surface area (Å²) in [5.74, 6) is -0.505. The molecule has 0 saturated carbocycles. The fraction of sp³-hybridized carbons (Fsp3) is 0.143. The van der Waals surface area contributed by atoms with Gasteiger partial charge in [-0.1, -0.05) is 28.1 Å². The van der Waals surface area contributed by atoms with Crippen molar-refractivity contribution in [3.8, 4) is 0 Å². The lowest BCUT2D eigenvalue weighted by molar-refractivity contribution is -0.138. The van der Waals surface area contributed by atoms with Gasteiger partial charge in [0, 0.05) is 4.47 Å². The molecule has 0 aromatic heterocycles. The lowest BCUT2D eigenvalue weighted by atomic mass is 9.99. The summed E-state index contributed by atoms with van der Waals surface area (Å²) in [4.78, 5) is 0. The van der Waals surface area contributed by atoms with E-state index in [1.807, 2.05) is 0 Å². The number of halogens is 7. The maximum atomic E-state index is 13.2. The minimum atomic E-state index is -4.52. The molecule has 0 fully saturated rings. The Bertz CT molecular complexity index is 671. The van der Waals surface area contributed by atoms with Gasteiger partial charge in [-0.3, -0.25) is 0 Å². The molecule has 0 nitrogen and oxygen atoms in total. The van der Waals surface area contributed by atoms with Gasteiger partial charge in [-0.2, -0.15) is 13.2 Å². The zero-order valence-corrected chi connectivity index (χ0v) is 14.1. The van der Waals surface area contributed by atoms with Gasteiger partial charge in [0.25, 0.3) is 0 Å². The molecule has 7 heteroatoms. The number of benzene rings is 2. The van der Waals surface area contributed by atoms with Crippen LogP contribution in [0.1, 0.15) is 22.1 Å². The minimum absolute atomic E-state index is 0.0779. The van der Waals surface area contributed by atoms with E-state index >= 15 is 0 Å². The summed E-state index contributed by atoms with van der Waals surface area (Å²) in [6.07, 6.45) is -4.52. The molecule has 0 saturated heterocycles. The lowest BCUT2D eigenvalue weighted by Crippen LogP contribution is -2.11. The van der Waals surface area contributed by atoms with E-state index in [0.717, 1.165) is 12.1 Å². The van der Waals surface area contributed by atoms with Crippen LogP contribution >= 0.6 is 43.5 Å². The molecule has 0 bridgehead atoms. The zero-order valence-electron chi connectivity index (χ0n) is 10.2. The molecule has 0 aliphatic rings. The van der Waals surface area contributed by atoms with Gasteiger partial charge in [-0.05, 0) is 51.3 Å².